The largest absolute Gasteiger partial charge is 0.388 e. The fraction of sp³-hybridized carbons (Fsp3) is 0.500. The quantitative estimate of drug-likeness (QED) is 0.382. The molecule has 0 radical (unpaired) electrons. The van der Waals surface area contributed by atoms with E-state index in [1.165, 1.54) is 6.92 Å². The molecule has 64 valence electrons. The van der Waals surface area contributed by atoms with Gasteiger partial charge in [-0.1, -0.05) is 0 Å². The van der Waals surface area contributed by atoms with E-state index < -0.39 is 24.8 Å². The molecule has 0 aliphatic heterocycles. The van der Waals surface area contributed by atoms with Crippen molar-refractivity contribution in [2.24, 2.45) is 0 Å². The summed E-state index contributed by atoms with van der Waals surface area (Å²) in [6.45, 7) is 0.0972. The highest BCUT2D eigenvalue weighted by Gasteiger charge is 1.89. The summed E-state index contributed by atoms with van der Waals surface area (Å²) >= 11 is 0. The molecule has 0 saturated carbocycles. The highest BCUT2D eigenvalue weighted by molar-refractivity contribution is 6.23. The lowest BCUT2D eigenvalue weighted by Gasteiger charge is -1.81. The van der Waals surface area contributed by atoms with Crippen molar-refractivity contribution in [1.82, 2.24) is 0 Å². The molecule has 0 aromatic heterocycles. The van der Waals surface area contributed by atoms with Crippen molar-refractivity contribution in [3.05, 3.63) is 0 Å². The van der Waals surface area contributed by atoms with Gasteiger partial charge in [-0.15, -0.1) is 0 Å². The van der Waals surface area contributed by atoms with Gasteiger partial charge in [0.1, 0.15) is 13.2 Å². The molecule has 0 unspecified atom stereocenters. The van der Waals surface area contributed by atoms with Crippen LogP contribution in [0.4, 0.5) is 0 Å². The van der Waals surface area contributed by atoms with Crippen LogP contribution in [0.3, 0.4) is 0 Å². The smallest absolute Gasteiger partial charge is 0.192 e. The molecule has 0 amide bonds. The number of carbonyl (C=O) groups excluding carboxylic acids is 3. The average molecular weight is 162 g/mol. The normalized spacial score (nSPS) is 7.55. The summed E-state index contributed by atoms with van der Waals surface area (Å²) in [5.41, 5.74) is 0. The van der Waals surface area contributed by atoms with E-state index in [-0.39, 0.29) is 6.29 Å². The zero-order valence-corrected chi connectivity index (χ0v) is 6.11. The Bertz CT molecular complexity index is 134. The molecule has 5 heteroatoms. The van der Waals surface area contributed by atoms with Crippen LogP contribution in [0.15, 0.2) is 0 Å². The van der Waals surface area contributed by atoms with Crippen LogP contribution >= 0.6 is 0 Å². The first kappa shape index (κ1) is 12.6. The maximum Gasteiger partial charge on any atom is 0.192 e. The summed E-state index contributed by atoms with van der Waals surface area (Å²) in [6.07, 6.45) is 0.278. The summed E-state index contributed by atoms with van der Waals surface area (Å²) in [4.78, 5) is 28.3. The summed E-state index contributed by atoms with van der Waals surface area (Å²) in [5.74, 6) is -0.972. The standard InChI is InChI=1S/C3H6O3.C3H4O2/c4-1-3(6)2-5;1-3(5)2-4/h4-5H,1-2H2;2H,1H3. The van der Waals surface area contributed by atoms with Crippen molar-refractivity contribution >= 4 is 17.9 Å². The molecule has 0 aliphatic rings. The monoisotopic (exact) mass is 162 g/mol. The lowest BCUT2D eigenvalue weighted by Crippen LogP contribution is -2.07. The van der Waals surface area contributed by atoms with Crippen LogP contribution < -0.4 is 0 Å². The van der Waals surface area contributed by atoms with Crippen molar-refractivity contribution in [2.75, 3.05) is 13.2 Å². The summed E-state index contributed by atoms with van der Waals surface area (Å²) in [7, 11) is 0. The second-order valence-corrected chi connectivity index (χ2v) is 1.58. The molecule has 0 spiro atoms. The molecule has 0 saturated heterocycles. The molecule has 0 fully saturated rings. The van der Waals surface area contributed by atoms with Crippen molar-refractivity contribution in [3.63, 3.8) is 0 Å². The zero-order chi connectivity index (χ0) is 9.28. The van der Waals surface area contributed by atoms with Crippen LogP contribution in [0.25, 0.3) is 0 Å². The molecule has 0 atom stereocenters. The average Bonchev–Trinajstić information content (AvgIpc) is 2.04. The number of aliphatic hydroxyl groups excluding tert-OH is 2. The Labute approximate surface area is 63.6 Å². The van der Waals surface area contributed by atoms with Crippen LogP contribution in [0.1, 0.15) is 6.92 Å². The number of ketones is 2. The summed E-state index contributed by atoms with van der Waals surface area (Å²) in [6, 6.07) is 0. The summed E-state index contributed by atoms with van der Waals surface area (Å²) in [5, 5.41) is 15.7. The Kier molecular flexibility index (Phi) is 10.2. The van der Waals surface area contributed by atoms with Gasteiger partial charge in [-0.25, -0.2) is 0 Å². The molecular weight excluding hydrogens is 152 g/mol. The second-order valence-electron chi connectivity index (χ2n) is 1.58. The number of Topliss-reactive ketones (excluding diaryl/α,β-unsaturated/α-hetero) is 2. The third-order valence-corrected chi connectivity index (χ3v) is 0.519. The van der Waals surface area contributed by atoms with Gasteiger partial charge in [0.25, 0.3) is 0 Å². The molecule has 0 heterocycles. The van der Waals surface area contributed by atoms with E-state index in [1.807, 2.05) is 0 Å². The van der Waals surface area contributed by atoms with Crippen LogP contribution in [0, 0.1) is 0 Å². The number of carbonyl (C=O) groups is 3. The molecule has 0 bridgehead atoms. The predicted octanol–water partition coefficient (Wildman–Crippen LogP) is -1.69. The molecular formula is C6H10O5. The van der Waals surface area contributed by atoms with Crippen LogP contribution in [-0.2, 0) is 14.4 Å². The Balaban J connectivity index is 0. The van der Waals surface area contributed by atoms with E-state index in [1.54, 1.807) is 0 Å². The lowest BCUT2D eigenvalue weighted by atomic mass is 10.5. The minimum absolute atomic E-state index is 0.278. The third-order valence-electron chi connectivity index (χ3n) is 0.519. The second kappa shape index (κ2) is 8.93. The number of aliphatic hydroxyl groups is 2. The zero-order valence-electron chi connectivity index (χ0n) is 6.11. The minimum atomic E-state index is -0.559. The number of rotatable bonds is 3. The van der Waals surface area contributed by atoms with Crippen molar-refractivity contribution in [3.8, 4) is 0 Å². The van der Waals surface area contributed by atoms with Gasteiger partial charge in [0.15, 0.2) is 17.9 Å². The number of hydrogen-bond donors (Lipinski definition) is 2. The molecule has 0 aliphatic carbocycles. The maximum atomic E-state index is 9.68. The van der Waals surface area contributed by atoms with E-state index in [2.05, 4.69) is 0 Å². The fourth-order valence-corrected chi connectivity index (χ4v) is 0.0500. The molecule has 0 aromatic carbocycles. The molecule has 0 rings (SSSR count). The van der Waals surface area contributed by atoms with Gasteiger partial charge in [0.2, 0.25) is 0 Å². The van der Waals surface area contributed by atoms with Crippen LogP contribution in [-0.4, -0.2) is 41.3 Å². The van der Waals surface area contributed by atoms with Crippen molar-refractivity contribution in [2.45, 2.75) is 6.92 Å². The first-order valence-corrected chi connectivity index (χ1v) is 2.77. The van der Waals surface area contributed by atoms with E-state index >= 15 is 0 Å². The number of hydrogen-bond acceptors (Lipinski definition) is 5. The van der Waals surface area contributed by atoms with E-state index in [0.717, 1.165) is 0 Å². The SMILES string of the molecule is CC(=O)C=O.O=C(CO)CO. The minimum Gasteiger partial charge on any atom is -0.388 e. The third kappa shape index (κ3) is 17.6. The Morgan fingerprint density at radius 2 is 1.55 bits per heavy atom. The first-order valence-electron chi connectivity index (χ1n) is 2.77. The summed E-state index contributed by atoms with van der Waals surface area (Å²) < 4.78 is 0. The lowest BCUT2D eigenvalue weighted by molar-refractivity contribution is -0.128. The van der Waals surface area contributed by atoms with Crippen molar-refractivity contribution < 1.29 is 24.6 Å². The van der Waals surface area contributed by atoms with E-state index in [9.17, 15) is 9.59 Å². The van der Waals surface area contributed by atoms with Gasteiger partial charge >= 0.3 is 0 Å². The predicted molar refractivity (Wildman–Crippen MR) is 35.9 cm³/mol. The van der Waals surface area contributed by atoms with Crippen LogP contribution in [0.5, 0.6) is 0 Å². The first-order chi connectivity index (χ1) is 5.08. The van der Waals surface area contributed by atoms with Gasteiger partial charge in [-0.05, 0) is 0 Å². The highest BCUT2D eigenvalue weighted by atomic mass is 16.3. The Morgan fingerprint density at radius 1 is 1.27 bits per heavy atom. The number of aldehydes is 1. The van der Waals surface area contributed by atoms with Gasteiger partial charge in [-0.2, -0.15) is 0 Å². The molecule has 5 nitrogen and oxygen atoms in total. The molecule has 2 N–H and O–H groups in total. The Morgan fingerprint density at radius 3 is 1.55 bits per heavy atom. The Hall–Kier alpha value is -1.07. The fourth-order valence-electron chi connectivity index (χ4n) is 0.0500. The molecule has 0 aromatic rings. The van der Waals surface area contributed by atoms with E-state index in [0.29, 0.717) is 0 Å². The topological polar surface area (TPSA) is 91.7 Å². The highest BCUT2D eigenvalue weighted by Crippen LogP contribution is 1.59. The van der Waals surface area contributed by atoms with Gasteiger partial charge in [-0.3, -0.25) is 14.4 Å². The van der Waals surface area contributed by atoms with Crippen molar-refractivity contribution in [1.29, 1.82) is 0 Å². The van der Waals surface area contributed by atoms with Gasteiger partial charge < -0.3 is 10.2 Å². The molecule has 11 heavy (non-hydrogen) atoms. The van der Waals surface area contributed by atoms with Gasteiger partial charge in [0.05, 0.1) is 0 Å². The van der Waals surface area contributed by atoms with Gasteiger partial charge in [0, 0.05) is 6.92 Å². The van der Waals surface area contributed by atoms with Crippen LogP contribution in [0.2, 0.25) is 0 Å². The van der Waals surface area contributed by atoms with E-state index in [4.69, 9.17) is 15.0 Å². The maximum absolute atomic E-state index is 9.68.